The molecule has 0 saturated carbocycles. The fourth-order valence-corrected chi connectivity index (χ4v) is 2.64. The van der Waals surface area contributed by atoms with Crippen molar-refractivity contribution >= 4 is 49.3 Å². The smallest absolute Gasteiger partial charge is 0.410 e. The van der Waals surface area contributed by atoms with Gasteiger partial charge in [0, 0.05) is 52.5 Å². The van der Waals surface area contributed by atoms with E-state index in [0.29, 0.717) is 43.4 Å². The summed E-state index contributed by atoms with van der Waals surface area (Å²) in [7, 11) is 7.84. The van der Waals surface area contributed by atoms with Crippen LogP contribution in [0.3, 0.4) is 0 Å². The van der Waals surface area contributed by atoms with E-state index in [1.165, 1.54) is 11.7 Å². The highest BCUT2D eigenvalue weighted by Gasteiger charge is 2.19. The Morgan fingerprint density at radius 3 is 1.72 bits per heavy atom. The Labute approximate surface area is 258 Å². The SMILES string of the molecule is CN(CCC=O)C(=O)OC(C)(C)C.CN(CCCNc1cccnc1N)C(=O)OC(C)(C)C.Nc1cccnc1N.[B]C. The summed E-state index contributed by atoms with van der Waals surface area (Å²) in [5.41, 5.74) is 16.7. The second-order valence-corrected chi connectivity index (χ2v) is 11.0. The maximum absolute atomic E-state index is 11.7. The fraction of sp³-hybridized carbons (Fsp3) is 0.552. The van der Waals surface area contributed by atoms with E-state index in [9.17, 15) is 14.4 Å². The van der Waals surface area contributed by atoms with Crippen LogP contribution in [0.25, 0.3) is 0 Å². The summed E-state index contributed by atoms with van der Waals surface area (Å²) in [6, 6.07) is 7.15. The second-order valence-electron chi connectivity index (χ2n) is 11.0. The molecule has 0 aromatic carbocycles. The third kappa shape index (κ3) is 22.1. The lowest BCUT2D eigenvalue weighted by Gasteiger charge is -2.24. The largest absolute Gasteiger partial charge is 0.444 e. The predicted octanol–water partition coefficient (Wildman–Crippen LogP) is 4.22. The summed E-state index contributed by atoms with van der Waals surface area (Å²) < 4.78 is 10.3. The van der Waals surface area contributed by atoms with E-state index in [1.807, 2.05) is 32.9 Å². The highest BCUT2D eigenvalue weighted by Crippen LogP contribution is 2.14. The summed E-state index contributed by atoms with van der Waals surface area (Å²) in [6.45, 7) is 14.2. The molecule has 0 fully saturated rings. The Hall–Kier alpha value is -4.23. The van der Waals surface area contributed by atoms with Gasteiger partial charge >= 0.3 is 12.2 Å². The fourth-order valence-electron chi connectivity index (χ4n) is 2.64. The molecular weight excluding hydrogens is 551 g/mol. The van der Waals surface area contributed by atoms with Crippen LogP contribution in [-0.2, 0) is 14.3 Å². The molecule has 0 unspecified atom stereocenters. The summed E-state index contributed by atoms with van der Waals surface area (Å²) >= 11 is 0. The number of amides is 2. The molecule has 7 N–H and O–H groups in total. The van der Waals surface area contributed by atoms with Crippen LogP contribution < -0.4 is 22.5 Å². The van der Waals surface area contributed by atoms with Gasteiger partial charge in [-0.15, -0.1) is 0 Å². The second kappa shape index (κ2) is 21.5. The number of aromatic nitrogens is 2. The number of aldehydes is 1. The first kappa shape index (κ1) is 40.9. The van der Waals surface area contributed by atoms with Gasteiger partial charge in [0.1, 0.15) is 29.1 Å². The number of hydrogen-bond acceptors (Lipinski definition) is 11. The molecule has 240 valence electrons. The number of carbonyl (C=O) groups is 3. The van der Waals surface area contributed by atoms with Crippen molar-refractivity contribution in [3.8, 4) is 0 Å². The summed E-state index contributed by atoms with van der Waals surface area (Å²) in [6.07, 6.45) is 4.47. The zero-order valence-corrected chi connectivity index (χ0v) is 27.2. The molecule has 14 heteroatoms. The predicted molar refractivity (Wildman–Crippen MR) is 175 cm³/mol. The van der Waals surface area contributed by atoms with Crippen LogP contribution in [0.4, 0.5) is 32.6 Å². The minimum absolute atomic E-state index is 0.307. The molecule has 2 aromatic heterocycles. The lowest BCUT2D eigenvalue weighted by molar-refractivity contribution is -0.108. The number of anilines is 4. The third-order valence-corrected chi connectivity index (χ3v) is 4.69. The van der Waals surface area contributed by atoms with Gasteiger partial charge in [0.25, 0.3) is 0 Å². The molecule has 0 saturated heterocycles. The number of rotatable bonds is 8. The van der Waals surface area contributed by atoms with Gasteiger partial charge < -0.3 is 46.6 Å². The molecule has 2 aromatic rings. The molecular formula is C29H51BN8O5. The molecule has 0 atom stereocenters. The number of nitrogens with one attached hydrogen (secondary N) is 1. The average molecular weight is 603 g/mol. The highest BCUT2D eigenvalue weighted by molar-refractivity contribution is 6.05. The standard InChI is InChI=1S/C14H24N4O2.C9H17NO3.C5H7N3.CH3B/c1-14(2,3)20-13(19)18(4)10-6-9-16-11-7-5-8-17-12(11)15;1-9(2,3)13-8(12)10(4)6-5-7-11;6-4-2-1-3-8-5(4)7;1-2/h5,7-8,16H,6,9-10H2,1-4H3,(H2,15,17);7H,5-6H2,1-4H3;1-3H,6H2,(H2,7,8);1H3. The molecule has 0 bridgehead atoms. The van der Waals surface area contributed by atoms with Gasteiger partial charge in [-0.05, 0) is 72.2 Å². The molecule has 0 spiro atoms. The van der Waals surface area contributed by atoms with Crippen molar-refractivity contribution in [3.63, 3.8) is 0 Å². The maximum atomic E-state index is 11.7. The maximum Gasteiger partial charge on any atom is 0.410 e. The van der Waals surface area contributed by atoms with E-state index < -0.39 is 17.3 Å². The zero-order chi connectivity index (χ0) is 33.6. The van der Waals surface area contributed by atoms with Crippen molar-refractivity contribution in [2.75, 3.05) is 56.2 Å². The van der Waals surface area contributed by atoms with E-state index in [-0.39, 0.29) is 6.09 Å². The molecule has 2 rings (SSSR count). The van der Waals surface area contributed by atoms with Gasteiger partial charge in [-0.1, -0.05) is 6.82 Å². The van der Waals surface area contributed by atoms with Crippen LogP contribution in [0.2, 0.25) is 6.82 Å². The van der Waals surface area contributed by atoms with Crippen LogP contribution in [0, 0.1) is 0 Å². The molecule has 0 aliphatic heterocycles. The number of pyridine rings is 2. The topological polar surface area (TPSA) is 192 Å². The average Bonchev–Trinajstić information content (AvgIpc) is 2.92. The number of nitrogen functional groups attached to an aromatic ring is 3. The van der Waals surface area contributed by atoms with Crippen molar-refractivity contribution in [2.45, 2.75) is 72.4 Å². The number of ether oxygens (including phenoxy) is 2. The van der Waals surface area contributed by atoms with Crippen LogP contribution in [0.5, 0.6) is 0 Å². The zero-order valence-electron chi connectivity index (χ0n) is 27.2. The first-order valence-corrected chi connectivity index (χ1v) is 13.8. The van der Waals surface area contributed by atoms with Crippen molar-refractivity contribution in [1.82, 2.24) is 19.8 Å². The minimum atomic E-state index is -0.480. The summed E-state index contributed by atoms with van der Waals surface area (Å²) in [4.78, 5) is 43.7. The van der Waals surface area contributed by atoms with Gasteiger partial charge in [-0.2, -0.15) is 0 Å². The van der Waals surface area contributed by atoms with Crippen LogP contribution in [0.1, 0.15) is 54.4 Å². The van der Waals surface area contributed by atoms with Crippen molar-refractivity contribution < 1.29 is 23.9 Å². The monoisotopic (exact) mass is 602 g/mol. The first-order valence-electron chi connectivity index (χ1n) is 13.8. The van der Waals surface area contributed by atoms with Crippen molar-refractivity contribution in [2.24, 2.45) is 0 Å². The summed E-state index contributed by atoms with van der Waals surface area (Å²) in [5.74, 6) is 0.875. The van der Waals surface area contributed by atoms with E-state index in [1.54, 1.807) is 64.3 Å². The Morgan fingerprint density at radius 2 is 1.33 bits per heavy atom. The van der Waals surface area contributed by atoms with Crippen molar-refractivity contribution in [1.29, 1.82) is 0 Å². The molecule has 0 aliphatic carbocycles. The Bertz CT molecular complexity index is 1060. The number of carbonyl (C=O) groups excluding carboxylic acids is 3. The van der Waals surface area contributed by atoms with E-state index in [2.05, 4.69) is 23.1 Å². The van der Waals surface area contributed by atoms with E-state index in [4.69, 9.17) is 26.7 Å². The lowest BCUT2D eigenvalue weighted by Crippen LogP contribution is -2.35. The normalized spacial score (nSPS) is 10.2. The van der Waals surface area contributed by atoms with Gasteiger partial charge in [-0.25, -0.2) is 19.6 Å². The van der Waals surface area contributed by atoms with Crippen molar-refractivity contribution in [3.05, 3.63) is 36.7 Å². The Balaban J connectivity index is 0. The molecule has 2 amide bonds. The number of hydrogen-bond donors (Lipinski definition) is 4. The molecule has 13 nitrogen and oxygen atoms in total. The van der Waals surface area contributed by atoms with E-state index >= 15 is 0 Å². The number of nitrogens with two attached hydrogens (primary N) is 3. The lowest BCUT2D eigenvalue weighted by atomic mass is 10.2. The molecule has 2 radical (unpaired) electrons. The van der Waals surface area contributed by atoms with Crippen LogP contribution in [0.15, 0.2) is 36.7 Å². The minimum Gasteiger partial charge on any atom is -0.444 e. The molecule has 43 heavy (non-hydrogen) atoms. The molecule has 2 heterocycles. The van der Waals surface area contributed by atoms with E-state index in [0.717, 1.165) is 18.4 Å². The summed E-state index contributed by atoms with van der Waals surface area (Å²) in [5, 5.41) is 3.19. The van der Waals surface area contributed by atoms with Crippen LogP contribution in [-0.4, -0.2) is 91.0 Å². The number of nitrogens with zero attached hydrogens (tertiary/aromatic N) is 4. The Morgan fingerprint density at radius 1 is 0.860 bits per heavy atom. The van der Waals surface area contributed by atoms with Gasteiger partial charge in [0.05, 0.1) is 19.2 Å². The molecule has 0 aliphatic rings. The highest BCUT2D eigenvalue weighted by atomic mass is 16.6. The first-order chi connectivity index (χ1) is 20.0. The third-order valence-electron chi connectivity index (χ3n) is 4.69. The Kier molecular flexibility index (Phi) is 20.4. The quantitative estimate of drug-likeness (QED) is 0.192. The van der Waals surface area contributed by atoms with Gasteiger partial charge in [-0.3, -0.25) is 0 Å². The van der Waals surface area contributed by atoms with Gasteiger partial charge in [0.15, 0.2) is 0 Å². The van der Waals surface area contributed by atoms with Crippen LogP contribution >= 0.6 is 0 Å². The van der Waals surface area contributed by atoms with Gasteiger partial charge in [0.2, 0.25) is 0 Å².